The van der Waals surface area contributed by atoms with Gasteiger partial charge in [0.2, 0.25) is 0 Å². The van der Waals surface area contributed by atoms with E-state index in [9.17, 15) is 19.1 Å². The molecule has 0 aliphatic carbocycles. The number of nitrogens with zero attached hydrogens (tertiary/aromatic N) is 2. The molecule has 2 fully saturated rings. The highest BCUT2D eigenvalue weighted by Gasteiger charge is 2.46. The second-order valence-corrected chi connectivity index (χ2v) is 8.39. The summed E-state index contributed by atoms with van der Waals surface area (Å²) in [7, 11) is 2.94. The quantitative estimate of drug-likeness (QED) is 0.350. The Labute approximate surface area is 203 Å². The van der Waals surface area contributed by atoms with Crippen LogP contribution in [-0.4, -0.2) is 80.2 Å². The Hall–Kier alpha value is -3.43. The maximum absolute atomic E-state index is 14.9. The lowest BCUT2D eigenvalue weighted by molar-refractivity contribution is -0.140. The Kier molecular flexibility index (Phi) is 7.67. The molecule has 0 radical (unpaired) electrons. The standard InChI is InChI=1S/C26H29FN2O6/c1-33-20-9-8-17(16-21(20)34-2)24(30)22-23(18-6-3-4-7-19(18)27)29(26(32)25(22)31)11-5-10-28-12-14-35-15-13-28/h3-4,6-9,16,23,30H,5,10-15H2,1-2H3/b24-22+/t23-/m0/s1. The van der Waals surface area contributed by atoms with E-state index in [1.165, 1.54) is 43.4 Å². The normalized spacial score (nSPS) is 20.3. The fraction of sp³-hybridized carbons (Fsp3) is 0.385. The van der Waals surface area contributed by atoms with Crippen LogP contribution in [0.15, 0.2) is 48.0 Å². The first-order valence-electron chi connectivity index (χ1n) is 11.5. The Balaban J connectivity index is 1.71. The molecule has 4 rings (SSSR count). The van der Waals surface area contributed by atoms with E-state index in [2.05, 4.69) is 4.90 Å². The maximum atomic E-state index is 14.9. The van der Waals surface area contributed by atoms with E-state index in [4.69, 9.17) is 14.2 Å². The molecule has 1 atom stereocenters. The van der Waals surface area contributed by atoms with E-state index in [0.29, 0.717) is 37.7 Å². The van der Waals surface area contributed by atoms with E-state index in [-0.39, 0.29) is 23.2 Å². The predicted octanol–water partition coefficient (Wildman–Crippen LogP) is 2.99. The highest BCUT2D eigenvalue weighted by molar-refractivity contribution is 6.46. The average Bonchev–Trinajstić information content (AvgIpc) is 3.13. The number of aliphatic hydroxyl groups is 1. The van der Waals surface area contributed by atoms with Gasteiger partial charge in [0, 0.05) is 37.3 Å². The van der Waals surface area contributed by atoms with E-state index in [1.807, 2.05) is 0 Å². The van der Waals surface area contributed by atoms with E-state index >= 15 is 0 Å². The number of likely N-dealkylation sites (tertiary alicyclic amines) is 1. The number of methoxy groups -OCH3 is 2. The summed E-state index contributed by atoms with van der Waals surface area (Å²) in [4.78, 5) is 29.8. The Morgan fingerprint density at radius 1 is 1.06 bits per heavy atom. The first kappa shape index (κ1) is 24.7. The lowest BCUT2D eigenvalue weighted by Crippen LogP contribution is -2.39. The molecule has 2 aliphatic rings. The summed E-state index contributed by atoms with van der Waals surface area (Å²) >= 11 is 0. The van der Waals surface area contributed by atoms with Crippen LogP contribution in [0.1, 0.15) is 23.6 Å². The average molecular weight is 485 g/mol. The summed E-state index contributed by atoms with van der Waals surface area (Å²) in [6, 6.07) is 9.60. The number of Topliss-reactive ketones (excluding diaryl/α,β-unsaturated/α-hetero) is 1. The minimum Gasteiger partial charge on any atom is -0.507 e. The molecule has 35 heavy (non-hydrogen) atoms. The van der Waals surface area contributed by atoms with Crippen LogP contribution in [0.3, 0.4) is 0 Å². The molecule has 2 aromatic rings. The van der Waals surface area contributed by atoms with Crippen LogP contribution in [0.4, 0.5) is 4.39 Å². The number of ether oxygens (including phenoxy) is 3. The largest absolute Gasteiger partial charge is 0.507 e. The molecule has 0 aromatic heterocycles. The van der Waals surface area contributed by atoms with Gasteiger partial charge < -0.3 is 24.2 Å². The highest BCUT2D eigenvalue weighted by atomic mass is 19.1. The first-order valence-corrected chi connectivity index (χ1v) is 11.5. The molecular formula is C26H29FN2O6. The van der Waals surface area contributed by atoms with Crippen LogP contribution in [0.5, 0.6) is 11.5 Å². The minimum absolute atomic E-state index is 0.153. The summed E-state index contributed by atoms with van der Waals surface area (Å²) in [6.45, 7) is 3.87. The van der Waals surface area contributed by atoms with Crippen LogP contribution >= 0.6 is 0 Å². The number of morpholine rings is 1. The number of carbonyl (C=O) groups is 2. The number of hydrogen-bond acceptors (Lipinski definition) is 7. The second-order valence-electron chi connectivity index (χ2n) is 8.39. The monoisotopic (exact) mass is 484 g/mol. The number of carbonyl (C=O) groups excluding carboxylic acids is 2. The summed E-state index contributed by atoms with van der Waals surface area (Å²) in [5.41, 5.74) is 0.258. The number of aliphatic hydroxyl groups excluding tert-OH is 1. The Bertz CT molecular complexity index is 1130. The first-order chi connectivity index (χ1) is 17.0. The van der Waals surface area contributed by atoms with Gasteiger partial charge in [-0.05, 0) is 30.7 Å². The summed E-state index contributed by atoms with van der Waals surface area (Å²) in [5, 5.41) is 11.2. The SMILES string of the molecule is COc1ccc(/C(O)=C2\C(=O)C(=O)N(CCCN3CCOCC3)[C@H]2c2ccccc2F)cc1OC. The molecule has 0 spiro atoms. The van der Waals surface area contributed by atoms with Gasteiger partial charge in [-0.3, -0.25) is 14.5 Å². The van der Waals surface area contributed by atoms with Gasteiger partial charge >= 0.3 is 0 Å². The number of halogens is 1. The Morgan fingerprint density at radius 3 is 2.46 bits per heavy atom. The molecule has 1 amide bonds. The number of rotatable bonds is 8. The molecule has 0 unspecified atom stereocenters. The van der Waals surface area contributed by atoms with Crippen molar-refractivity contribution in [2.24, 2.45) is 0 Å². The molecule has 1 N–H and O–H groups in total. The summed E-state index contributed by atoms with van der Waals surface area (Å²) in [5.74, 6) is -1.78. The molecule has 2 aliphatic heterocycles. The Morgan fingerprint density at radius 2 is 1.77 bits per heavy atom. The van der Waals surface area contributed by atoms with E-state index < -0.39 is 29.3 Å². The molecular weight excluding hydrogens is 455 g/mol. The van der Waals surface area contributed by atoms with Gasteiger partial charge in [-0.15, -0.1) is 0 Å². The second kappa shape index (κ2) is 10.9. The molecule has 8 nitrogen and oxygen atoms in total. The zero-order valence-corrected chi connectivity index (χ0v) is 19.8. The zero-order valence-electron chi connectivity index (χ0n) is 19.8. The molecule has 9 heteroatoms. The van der Waals surface area contributed by atoms with Crippen LogP contribution in [-0.2, 0) is 14.3 Å². The fourth-order valence-corrected chi connectivity index (χ4v) is 4.56. The van der Waals surface area contributed by atoms with Gasteiger partial charge in [-0.1, -0.05) is 18.2 Å². The van der Waals surface area contributed by atoms with E-state index in [0.717, 1.165) is 13.1 Å². The van der Waals surface area contributed by atoms with Crippen molar-refractivity contribution < 1.29 is 33.3 Å². The van der Waals surface area contributed by atoms with Gasteiger partial charge in [0.1, 0.15) is 11.6 Å². The number of amides is 1. The third kappa shape index (κ3) is 5.01. The zero-order chi connectivity index (χ0) is 24.9. The molecule has 0 saturated carbocycles. The number of ketones is 1. The lowest BCUT2D eigenvalue weighted by Gasteiger charge is -2.29. The van der Waals surface area contributed by atoms with Gasteiger partial charge in [0.25, 0.3) is 11.7 Å². The molecule has 2 aromatic carbocycles. The minimum atomic E-state index is -1.05. The van der Waals surface area contributed by atoms with Crippen molar-refractivity contribution >= 4 is 17.4 Å². The predicted molar refractivity (Wildman–Crippen MR) is 127 cm³/mol. The van der Waals surface area contributed by atoms with Crippen LogP contribution < -0.4 is 9.47 Å². The van der Waals surface area contributed by atoms with E-state index in [1.54, 1.807) is 18.2 Å². The van der Waals surface area contributed by atoms with Crippen LogP contribution in [0.2, 0.25) is 0 Å². The van der Waals surface area contributed by atoms with Crippen molar-refractivity contribution in [1.82, 2.24) is 9.80 Å². The van der Waals surface area contributed by atoms with Gasteiger partial charge in [0.05, 0.1) is 39.0 Å². The third-order valence-electron chi connectivity index (χ3n) is 6.37. The van der Waals surface area contributed by atoms with Gasteiger partial charge in [-0.2, -0.15) is 0 Å². The summed E-state index contributed by atoms with van der Waals surface area (Å²) < 4.78 is 30.8. The van der Waals surface area contributed by atoms with Gasteiger partial charge in [0.15, 0.2) is 11.5 Å². The topological polar surface area (TPSA) is 88.5 Å². The lowest BCUT2D eigenvalue weighted by atomic mass is 9.94. The fourth-order valence-electron chi connectivity index (χ4n) is 4.56. The number of hydrogen-bond donors (Lipinski definition) is 1. The summed E-state index contributed by atoms with van der Waals surface area (Å²) in [6.07, 6.45) is 0.592. The highest BCUT2D eigenvalue weighted by Crippen LogP contribution is 2.41. The van der Waals surface area contributed by atoms with Crippen molar-refractivity contribution in [1.29, 1.82) is 0 Å². The molecule has 2 saturated heterocycles. The molecule has 186 valence electrons. The van der Waals surface area contributed by atoms with Crippen LogP contribution in [0, 0.1) is 5.82 Å². The van der Waals surface area contributed by atoms with Crippen molar-refractivity contribution in [2.45, 2.75) is 12.5 Å². The maximum Gasteiger partial charge on any atom is 0.295 e. The van der Waals surface area contributed by atoms with Crippen molar-refractivity contribution in [3.05, 3.63) is 65.0 Å². The third-order valence-corrected chi connectivity index (χ3v) is 6.37. The van der Waals surface area contributed by atoms with Crippen molar-refractivity contribution in [3.8, 4) is 11.5 Å². The molecule has 2 heterocycles. The van der Waals surface area contributed by atoms with Crippen molar-refractivity contribution in [3.63, 3.8) is 0 Å². The smallest absolute Gasteiger partial charge is 0.295 e. The van der Waals surface area contributed by atoms with Crippen molar-refractivity contribution in [2.75, 3.05) is 53.6 Å². The number of benzene rings is 2. The van der Waals surface area contributed by atoms with Crippen LogP contribution in [0.25, 0.3) is 5.76 Å². The van der Waals surface area contributed by atoms with Gasteiger partial charge in [-0.25, -0.2) is 4.39 Å². The molecule has 0 bridgehead atoms.